The Balaban J connectivity index is 2.26. The molecule has 0 aliphatic rings. The first-order chi connectivity index (χ1) is 13.3. The number of rotatable bonds is 5. The molecule has 3 rings (SSSR count). The van der Waals surface area contributed by atoms with Crippen molar-refractivity contribution in [1.29, 1.82) is 0 Å². The molecule has 1 atom stereocenters. The molecule has 1 N–H and O–H groups in total. The van der Waals surface area contributed by atoms with E-state index >= 15 is 0 Å². The molecule has 0 unspecified atom stereocenters. The molecule has 1 aromatic heterocycles. The Morgan fingerprint density at radius 1 is 1.07 bits per heavy atom. The Morgan fingerprint density at radius 3 is 2.46 bits per heavy atom. The van der Waals surface area contributed by atoms with Gasteiger partial charge in [-0.2, -0.15) is 0 Å². The van der Waals surface area contributed by atoms with Gasteiger partial charge in [-0.1, -0.05) is 30.7 Å². The minimum Gasteiger partial charge on any atom is -0.352 e. The third kappa shape index (κ3) is 3.76. The summed E-state index contributed by atoms with van der Waals surface area (Å²) in [6, 6.07) is 12.5. The third-order valence-electron chi connectivity index (χ3n) is 4.88. The maximum atomic E-state index is 13.2. The van der Waals surface area contributed by atoms with Crippen LogP contribution in [-0.2, 0) is 11.3 Å². The molecule has 146 valence electrons. The molecular formula is C22H25N3O3. The highest BCUT2D eigenvalue weighted by molar-refractivity contribution is 5.82. The number of hydrogen-bond donors (Lipinski definition) is 1. The van der Waals surface area contributed by atoms with Crippen LogP contribution in [0.5, 0.6) is 0 Å². The van der Waals surface area contributed by atoms with E-state index < -0.39 is 5.69 Å². The molecular weight excluding hydrogens is 354 g/mol. The fourth-order valence-electron chi connectivity index (χ4n) is 3.20. The van der Waals surface area contributed by atoms with Crippen molar-refractivity contribution in [3.63, 3.8) is 0 Å². The van der Waals surface area contributed by atoms with E-state index in [2.05, 4.69) is 5.32 Å². The number of nitrogens with zero attached hydrogens (tertiary/aromatic N) is 2. The molecule has 6 nitrogen and oxygen atoms in total. The molecule has 0 saturated heterocycles. The summed E-state index contributed by atoms with van der Waals surface area (Å²) in [6.45, 7) is 7.54. The summed E-state index contributed by atoms with van der Waals surface area (Å²) < 4.78 is 2.52. The van der Waals surface area contributed by atoms with Gasteiger partial charge in [0.25, 0.3) is 5.56 Å². The Bertz CT molecular complexity index is 1160. The number of amides is 1. The Morgan fingerprint density at radius 2 is 1.79 bits per heavy atom. The molecule has 0 aliphatic heterocycles. The summed E-state index contributed by atoms with van der Waals surface area (Å²) in [6.07, 6.45) is 0.795. The molecule has 0 spiro atoms. The second-order valence-corrected chi connectivity index (χ2v) is 7.25. The average Bonchev–Trinajstić information content (AvgIpc) is 2.65. The lowest BCUT2D eigenvalue weighted by Crippen LogP contribution is -2.43. The molecule has 0 radical (unpaired) electrons. The number of hydrogen-bond acceptors (Lipinski definition) is 3. The van der Waals surface area contributed by atoms with E-state index in [1.165, 1.54) is 4.57 Å². The molecule has 0 saturated carbocycles. The summed E-state index contributed by atoms with van der Waals surface area (Å²) in [7, 11) is 0. The van der Waals surface area contributed by atoms with Gasteiger partial charge in [0.05, 0.1) is 16.6 Å². The SMILES string of the molecule is CC[C@@H](C)NC(=O)Cn1c(=O)n(-c2cccc(C)c2)c(=O)c2cc(C)ccc21. The second kappa shape index (κ2) is 7.84. The fraction of sp³-hybridized carbons (Fsp3) is 0.318. The van der Waals surface area contributed by atoms with Crippen molar-refractivity contribution in [3.05, 3.63) is 74.4 Å². The topological polar surface area (TPSA) is 73.1 Å². The fourth-order valence-corrected chi connectivity index (χ4v) is 3.20. The molecule has 3 aromatic rings. The van der Waals surface area contributed by atoms with Crippen molar-refractivity contribution < 1.29 is 4.79 Å². The summed E-state index contributed by atoms with van der Waals surface area (Å²) in [4.78, 5) is 38.8. The van der Waals surface area contributed by atoms with Gasteiger partial charge >= 0.3 is 5.69 Å². The lowest BCUT2D eigenvalue weighted by atomic mass is 10.1. The van der Waals surface area contributed by atoms with E-state index in [1.54, 1.807) is 30.3 Å². The number of aromatic nitrogens is 2. The summed E-state index contributed by atoms with van der Waals surface area (Å²) in [5.41, 5.74) is 1.90. The molecule has 1 amide bonds. The third-order valence-corrected chi connectivity index (χ3v) is 4.88. The van der Waals surface area contributed by atoms with E-state index in [0.29, 0.717) is 16.6 Å². The first-order valence-electron chi connectivity index (χ1n) is 9.44. The van der Waals surface area contributed by atoms with Crippen molar-refractivity contribution in [1.82, 2.24) is 14.5 Å². The standard InChI is InChI=1S/C22H25N3O3/c1-5-16(4)23-20(26)13-24-19-10-9-15(3)12-18(19)21(27)25(22(24)28)17-8-6-7-14(2)11-17/h6-12,16H,5,13H2,1-4H3,(H,23,26)/t16-/m1/s1. The predicted octanol–water partition coefficient (Wildman–Crippen LogP) is 2.68. The summed E-state index contributed by atoms with van der Waals surface area (Å²) >= 11 is 0. The Labute approximate surface area is 163 Å². The van der Waals surface area contributed by atoms with E-state index in [0.717, 1.165) is 22.1 Å². The van der Waals surface area contributed by atoms with Crippen LogP contribution in [0.1, 0.15) is 31.4 Å². The van der Waals surface area contributed by atoms with Crippen molar-refractivity contribution in [2.75, 3.05) is 0 Å². The van der Waals surface area contributed by atoms with Gasteiger partial charge < -0.3 is 5.32 Å². The van der Waals surface area contributed by atoms with Gasteiger partial charge in [-0.25, -0.2) is 9.36 Å². The first-order valence-corrected chi connectivity index (χ1v) is 9.44. The zero-order chi connectivity index (χ0) is 20.4. The van der Waals surface area contributed by atoms with Crippen molar-refractivity contribution in [3.8, 4) is 5.69 Å². The van der Waals surface area contributed by atoms with Gasteiger partial charge in [0.15, 0.2) is 0 Å². The lowest BCUT2D eigenvalue weighted by molar-refractivity contribution is -0.122. The minimum atomic E-state index is -0.522. The maximum Gasteiger partial charge on any atom is 0.336 e. The first kappa shape index (κ1) is 19.6. The van der Waals surface area contributed by atoms with Gasteiger partial charge in [-0.15, -0.1) is 0 Å². The molecule has 0 aliphatic carbocycles. The average molecular weight is 379 g/mol. The highest BCUT2D eigenvalue weighted by Gasteiger charge is 2.17. The van der Waals surface area contributed by atoms with Crippen LogP contribution in [0.25, 0.3) is 16.6 Å². The number of carbonyl (C=O) groups is 1. The van der Waals surface area contributed by atoms with Crippen LogP contribution in [0.3, 0.4) is 0 Å². The number of carbonyl (C=O) groups excluding carboxylic acids is 1. The van der Waals surface area contributed by atoms with Crippen LogP contribution < -0.4 is 16.6 Å². The predicted molar refractivity (Wildman–Crippen MR) is 111 cm³/mol. The smallest absolute Gasteiger partial charge is 0.336 e. The number of benzene rings is 2. The van der Waals surface area contributed by atoms with Crippen LogP contribution in [0.15, 0.2) is 52.1 Å². The normalized spacial score (nSPS) is 12.1. The van der Waals surface area contributed by atoms with E-state index in [-0.39, 0.29) is 24.1 Å². The maximum absolute atomic E-state index is 13.2. The van der Waals surface area contributed by atoms with E-state index in [1.807, 2.05) is 39.8 Å². The molecule has 28 heavy (non-hydrogen) atoms. The number of aryl methyl sites for hydroxylation is 2. The monoisotopic (exact) mass is 379 g/mol. The van der Waals surface area contributed by atoms with Crippen LogP contribution in [0, 0.1) is 13.8 Å². The van der Waals surface area contributed by atoms with Crippen molar-refractivity contribution in [2.45, 2.75) is 46.7 Å². The quantitative estimate of drug-likeness (QED) is 0.741. The van der Waals surface area contributed by atoms with E-state index in [4.69, 9.17) is 0 Å². The highest BCUT2D eigenvalue weighted by Crippen LogP contribution is 2.13. The van der Waals surface area contributed by atoms with Gasteiger partial charge in [-0.05, 0) is 57.0 Å². The Hall–Kier alpha value is -3.15. The van der Waals surface area contributed by atoms with Gasteiger partial charge in [0, 0.05) is 6.04 Å². The zero-order valence-corrected chi connectivity index (χ0v) is 16.7. The number of fused-ring (bicyclic) bond motifs is 1. The number of nitrogens with one attached hydrogen (secondary N) is 1. The second-order valence-electron chi connectivity index (χ2n) is 7.25. The van der Waals surface area contributed by atoms with Crippen LogP contribution >= 0.6 is 0 Å². The largest absolute Gasteiger partial charge is 0.352 e. The van der Waals surface area contributed by atoms with Crippen LogP contribution in [0.4, 0.5) is 0 Å². The molecule has 6 heteroatoms. The summed E-state index contributed by atoms with van der Waals surface area (Å²) in [5.74, 6) is -0.257. The van der Waals surface area contributed by atoms with Gasteiger partial charge in [0.1, 0.15) is 6.54 Å². The van der Waals surface area contributed by atoms with Crippen molar-refractivity contribution in [2.24, 2.45) is 0 Å². The molecule has 0 bridgehead atoms. The van der Waals surface area contributed by atoms with Gasteiger partial charge in [-0.3, -0.25) is 14.2 Å². The van der Waals surface area contributed by atoms with Crippen molar-refractivity contribution >= 4 is 16.8 Å². The van der Waals surface area contributed by atoms with Crippen LogP contribution in [0.2, 0.25) is 0 Å². The summed E-state index contributed by atoms with van der Waals surface area (Å²) in [5, 5.41) is 3.29. The van der Waals surface area contributed by atoms with Crippen LogP contribution in [-0.4, -0.2) is 21.1 Å². The minimum absolute atomic E-state index is 0.0133. The molecule has 0 fully saturated rings. The van der Waals surface area contributed by atoms with E-state index in [9.17, 15) is 14.4 Å². The highest BCUT2D eigenvalue weighted by atomic mass is 16.2. The zero-order valence-electron chi connectivity index (χ0n) is 16.7. The van der Waals surface area contributed by atoms with Gasteiger partial charge in [0.2, 0.25) is 5.91 Å². The molecule has 1 heterocycles. The lowest BCUT2D eigenvalue weighted by Gasteiger charge is -2.16. The Kier molecular flexibility index (Phi) is 5.49. The molecule has 2 aromatic carbocycles.